The zero-order chi connectivity index (χ0) is 12.3. The average molecular weight is 246 g/mol. The Labute approximate surface area is 103 Å². The van der Waals surface area contributed by atoms with Crippen LogP contribution in [0.4, 0.5) is 0 Å². The van der Waals surface area contributed by atoms with Crippen LogP contribution in [0.3, 0.4) is 0 Å². The Bertz CT molecular complexity index is 145. The third-order valence-electron chi connectivity index (χ3n) is 3.01. The Morgan fingerprint density at radius 1 is 0.750 bits per heavy atom. The molecule has 0 saturated heterocycles. The van der Waals surface area contributed by atoms with Crippen LogP contribution in [0, 0.1) is 0 Å². The summed E-state index contributed by atoms with van der Waals surface area (Å²) in [4.78, 5) is 0. The predicted octanol–water partition coefficient (Wildman–Crippen LogP) is 4.49. The molecule has 0 spiro atoms. The largest absolute Gasteiger partial charge is 0.394 e. The van der Waals surface area contributed by atoms with Gasteiger partial charge in [0.05, 0.1) is 0 Å². The van der Waals surface area contributed by atoms with Crippen LogP contribution < -0.4 is 0 Å². The van der Waals surface area contributed by atoms with Crippen LogP contribution >= 0.6 is 0 Å². The molecule has 0 heterocycles. The van der Waals surface area contributed by atoms with E-state index in [4.69, 9.17) is 8.85 Å². The second-order valence-electron chi connectivity index (χ2n) is 4.29. The van der Waals surface area contributed by atoms with E-state index < -0.39 is 8.56 Å². The van der Waals surface area contributed by atoms with Gasteiger partial charge in [-0.05, 0) is 25.9 Å². The summed E-state index contributed by atoms with van der Waals surface area (Å²) in [7, 11) is -1.83. The molecule has 0 aliphatic carbocycles. The maximum absolute atomic E-state index is 5.94. The lowest BCUT2D eigenvalue weighted by atomic mass is 10.2. The molecule has 0 saturated carbocycles. The second-order valence-corrected chi connectivity index (χ2v) is 7.90. The minimum atomic E-state index is -1.83. The topological polar surface area (TPSA) is 18.5 Å². The van der Waals surface area contributed by atoms with E-state index in [1.807, 2.05) is 0 Å². The van der Waals surface area contributed by atoms with Crippen molar-refractivity contribution in [3.05, 3.63) is 0 Å². The lowest BCUT2D eigenvalue weighted by molar-refractivity contribution is 0.182. The third kappa shape index (κ3) is 6.66. The highest BCUT2D eigenvalue weighted by molar-refractivity contribution is 6.67. The van der Waals surface area contributed by atoms with Crippen LogP contribution in [0.15, 0.2) is 0 Å². The van der Waals surface area contributed by atoms with Gasteiger partial charge in [-0.3, -0.25) is 0 Å². The van der Waals surface area contributed by atoms with Crippen molar-refractivity contribution in [3.63, 3.8) is 0 Å². The Morgan fingerprint density at radius 2 is 1.31 bits per heavy atom. The van der Waals surface area contributed by atoms with Gasteiger partial charge >= 0.3 is 8.56 Å². The van der Waals surface area contributed by atoms with Crippen molar-refractivity contribution >= 4 is 8.56 Å². The van der Waals surface area contributed by atoms with Crippen molar-refractivity contribution in [1.82, 2.24) is 0 Å². The number of hydrogen-bond donors (Lipinski definition) is 0. The molecule has 16 heavy (non-hydrogen) atoms. The highest BCUT2D eigenvalue weighted by Crippen LogP contribution is 2.22. The Kier molecular flexibility index (Phi) is 10.4. The standard InChI is InChI=1S/C13H30O2Si/c1-5-9-10-11-12-13-16(8-4,14-6-2)15-7-3/h5-13H2,1-4H3. The molecule has 0 rings (SSSR count). The van der Waals surface area contributed by atoms with Gasteiger partial charge in [-0.2, -0.15) is 0 Å². The van der Waals surface area contributed by atoms with Crippen molar-refractivity contribution in [2.24, 2.45) is 0 Å². The summed E-state index contributed by atoms with van der Waals surface area (Å²) in [6.07, 6.45) is 6.66. The van der Waals surface area contributed by atoms with Crippen LogP contribution in [0.2, 0.25) is 12.1 Å². The summed E-state index contributed by atoms with van der Waals surface area (Å²) >= 11 is 0. The van der Waals surface area contributed by atoms with E-state index in [1.54, 1.807) is 0 Å². The molecule has 0 aromatic carbocycles. The first-order valence-corrected chi connectivity index (χ1v) is 9.25. The summed E-state index contributed by atoms with van der Waals surface area (Å²) in [5.41, 5.74) is 0. The number of unbranched alkanes of at least 4 members (excludes halogenated alkanes) is 4. The first-order chi connectivity index (χ1) is 7.74. The fourth-order valence-electron chi connectivity index (χ4n) is 2.09. The summed E-state index contributed by atoms with van der Waals surface area (Å²) in [5, 5.41) is 0. The molecule has 0 aromatic rings. The molecule has 0 aromatic heterocycles. The zero-order valence-electron chi connectivity index (χ0n) is 11.7. The van der Waals surface area contributed by atoms with Crippen molar-refractivity contribution in [3.8, 4) is 0 Å². The minimum Gasteiger partial charge on any atom is -0.394 e. The molecule has 0 fully saturated rings. The molecular weight excluding hydrogens is 216 g/mol. The molecule has 0 unspecified atom stereocenters. The highest BCUT2D eigenvalue weighted by Gasteiger charge is 2.33. The van der Waals surface area contributed by atoms with Crippen LogP contribution in [-0.4, -0.2) is 21.8 Å². The average Bonchev–Trinajstić information content (AvgIpc) is 2.29. The van der Waals surface area contributed by atoms with Gasteiger partial charge in [0.1, 0.15) is 0 Å². The maximum Gasteiger partial charge on any atom is 0.337 e. The predicted molar refractivity (Wildman–Crippen MR) is 73.1 cm³/mol. The molecule has 3 heteroatoms. The number of rotatable bonds is 11. The molecule has 0 aliphatic heterocycles. The maximum atomic E-state index is 5.94. The van der Waals surface area contributed by atoms with E-state index in [9.17, 15) is 0 Å². The third-order valence-corrected chi connectivity index (χ3v) is 6.84. The molecule has 0 bridgehead atoms. The fraction of sp³-hybridized carbons (Fsp3) is 1.00. The van der Waals surface area contributed by atoms with Gasteiger partial charge in [-0.1, -0.05) is 46.0 Å². The van der Waals surface area contributed by atoms with Gasteiger partial charge in [0.25, 0.3) is 0 Å². The minimum absolute atomic E-state index is 0.801. The first kappa shape index (κ1) is 16.1. The summed E-state index contributed by atoms with van der Waals surface area (Å²) < 4.78 is 11.9. The molecule has 0 N–H and O–H groups in total. The van der Waals surface area contributed by atoms with E-state index in [0.717, 1.165) is 19.3 Å². The number of hydrogen-bond acceptors (Lipinski definition) is 2. The lowest BCUT2D eigenvalue weighted by Crippen LogP contribution is -2.41. The highest BCUT2D eigenvalue weighted by atomic mass is 28.4. The summed E-state index contributed by atoms with van der Waals surface area (Å²) in [6.45, 7) is 10.2. The Hall–Kier alpha value is 0.137. The van der Waals surface area contributed by atoms with Crippen molar-refractivity contribution in [1.29, 1.82) is 0 Å². The first-order valence-electron chi connectivity index (χ1n) is 7.02. The quantitative estimate of drug-likeness (QED) is 0.395. The normalized spacial score (nSPS) is 12.0. The van der Waals surface area contributed by atoms with E-state index >= 15 is 0 Å². The van der Waals surface area contributed by atoms with E-state index in [0.29, 0.717) is 0 Å². The zero-order valence-corrected chi connectivity index (χ0v) is 12.7. The van der Waals surface area contributed by atoms with E-state index in [-0.39, 0.29) is 0 Å². The summed E-state index contributed by atoms with van der Waals surface area (Å²) in [5.74, 6) is 0. The van der Waals surface area contributed by atoms with E-state index in [1.165, 1.54) is 38.1 Å². The van der Waals surface area contributed by atoms with Gasteiger partial charge in [0, 0.05) is 13.2 Å². The molecule has 0 amide bonds. The fourth-order valence-corrected chi connectivity index (χ4v) is 5.07. The second kappa shape index (κ2) is 10.3. The van der Waals surface area contributed by atoms with Crippen LogP contribution in [0.5, 0.6) is 0 Å². The summed E-state index contributed by atoms with van der Waals surface area (Å²) in [6, 6.07) is 2.26. The monoisotopic (exact) mass is 246 g/mol. The Morgan fingerprint density at radius 3 is 1.75 bits per heavy atom. The molecular formula is C13H30O2Si. The van der Waals surface area contributed by atoms with E-state index in [2.05, 4.69) is 27.7 Å². The SMILES string of the molecule is CCCCCCC[Si](CC)(OCC)OCC. The van der Waals surface area contributed by atoms with Crippen LogP contribution in [0.1, 0.15) is 59.8 Å². The van der Waals surface area contributed by atoms with Gasteiger partial charge in [0.15, 0.2) is 0 Å². The smallest absolute Gasteiger partial charge is 0.337 e. The molecule has 2 nitrogen and oxygen atoms in total. The lowest BCUT2D eigenvalue weighted by Gasteiger charge is -2.28. The van der Waals surface area contributed by atoms with Gasteiger partial charge < -0.3 is 8.85 Å². The van der Waals surface area contributed by atoms with Crippen molar-refractivity contribution in [2.75, 3.05) is 13.2 Å². The molecule has 0 aliphatic rings. The van der Waals surface area contributed by atoms with Gasteiger partial charge in [0.2, 0.25) is 0 Å². The molecule has 98 valence electrons. The molecule has 0 radical (unpaired) electrons. The molecule has 0 atom stereocenters. The Balaban J connectivity index is 3.89. The van der Waals surface area contributed by atoms with Crippen LogP contribution in [0.25, 0.3) is 0 Å². The van der Waals surface area contributed by atoms with Crippen molar-refractivity contribution in [2.45, 2.75) is 71.9 Å². The van der Waals surface area contributed by atoms with Gasteiger partial charge in [-0.25, -0.2) is 0 Å². The van der Waals surface area contributed by atoms with Gasteiger partial charge in [-0.15, -0.1) is 0 Å². The van der Waals surface area contributed by atoms with Crippen molar-refractivity contribution < 1.29 is 8.85 Å². The van der Waals surface area contributed by atoms with Crippen LogP contribution in [-0.2, 0) is 8.85 Å².